The highest BCUT2D eigenvalue weighted by atomic mass is 35.5. The normalized spacial score (nSPS) is 28.4. The fraction of sp³-hybridized carbons (Fsp3) is 0.650. The van der Waals surface area contributed by atoms with Crippen molar-refractivity contribution < 1.29 is 14.3 Å². The first-order valence-corrected chi connectivity index (χ1v) is 9.53. The fourth-order valence-electron chi connectivity index (χ4n) is 4.24. The number of benzene rings is 1. The number of hydrogen-bond acceptors (Lipinski definition) is 5. The molecular formula is C20H29ClN2O3. The summed E-state index contributed by atoms with van der Waals surface area (Å²) < 4.78 is 11.7. The molecular weight excluding hydrogens is 352 g/mol. The number of oxime groups is 1. The molecule has 1 aromatic rings. The van der Waals surface area contributed by atoms with Gasteiger partial charge in [0, 0.05) is 18.0 Å². The predicted molar refractivity (Wildman–Crippen MR) is 105 cm³/mol. The fourth-order valence-corrected chi connectivity index (χ4v) is 4.24. The summed E-state index contributed by atoms with van der Waals surface area (Å²) in [7, 11) is 1.69. The number of nitrogens with two attached hydrogens (primary N) is 1. The molecule has 4 rings (SSSR count). The van der Waals surface area contributed by atoms with Crippen LogP contribution in [0.3, 0.4) is 0 Å². The predicted octanol–water partition coefficient (Wildman–Crippen LogP) is 4.20. The van der Waals surface area contributed by atoms with Crippen molar-refractivity contribution in [1.29, 1.82) is 0 Å². The Labute approximate surface area is 161 Å². The number of hydrogen-bond donors (Lipinski definition) is 1. The lowest BCUT2D eigenvalue weighted by atomic mass is 9.79. The van der Waals surface area contributed by atoms with Gasteiger partial charge in [-0.3, -0.25) is 0 Å². The lowest BCUT2D eigenvalue weighted by Crippen LogP contribution is -2.39. The summed E-state index contributed by atoms with van der Waals surface area (Å²) in [4.78, 5) is 5.89. The molecule has 26 heavy (non-hydrogen) atoms. The molecule has 2 N–H and O–H groups in total. The Bertz CT molecular complexity index is 650. The third kappa shape index (κ3) is 3.94. The first kappa shape index (κ1) is 19.3. The summed E-state index contributed by atoms with van der Waals surface area (Å²) in [6.07, 6.45) is 9.91. The van der Waals surface area contributed by atoms with E-state index >= 15 is 0 Å². The molecule has 0 bridgehead atoms. The molecule has 0 amide bonds. The van der Waals surface area contributed by atoms with Crippen LogP contribution in [0.2, 0.25) is 0 Å². The molecule has 0 saturated heterocycles. The van der Waals surface area contributed by atoms with Crippen LogP contribution in [0.4, 0.5) is 0 Å². The van der Waals surface area contributed by atoms with E-state index in [1.165, 1.54) is 12.8 Å². The first-order chi connectivity index (χ1) is 12.2. The summed E-state index contributed by atoms with van der Waals surface area (Å²) in [5, 5.41) is 4.42. The van der Waals surface area contributed by atoms with Crippen LogP contribution in [0.5, 0.6) is 11.5 Å². The van der Waals surface area contributed by atoms with Crippen molar-refractivity contribution in [3.8, 4) is 11.5 Å². The molecule has 2 fully saturated rings. The lowest BCUT2D eigenvalue weighted by molar-refractivity contribution is -0.0478. The van der Waals surface area contributed by atoms with E-state index in [-0.39, 0.29) is 18.0 Å². The molecule has 1 aromatic carbocycles. The Balaban J connectivity index is 0.00000196. The Morgan fingerprint density at radius 2 is 1.85 bits per heavy atom. The van der Waals surface area contributed by atoms with Gasteiger partial charge in [0.05, 0.1) is 18.9 Å². The van der Waals surface area contributed by atoms with E-state index in [9.17, 15) is 0 Å². The van der Waals surface area contributed by atoms with Gasteiger partial charge >= 0.3 is 0 Å². The maximum absolute atomic E-state index is 6.21. The molecule has 144 valence electrons. The molecule has 0 aromatic heterocycles. The van der Waals surface area contributed by atoms with Crippen molar-refractivity contribution in [3.05, 3.63) is 23.8 Å². The lowest BCUT2D eigenvalue weighted by Gasteiger charge is -2.33. The van der Waals surface area contributed by atoms with Crippen molar-refractivity contribution in [3.63, 3.8) is 0 Å². The van der Waals surface area contributed by atoms with E-state index in [1.807, 2.05) is 6.07 Å². The van der Waals surface area contributed by atoms with Crippen molar-refractivity contribution in [2.75, 3.05) is 7.11 Å². The van der Waals surface area contributed by atoms with Crippen molar-refractivity contribution >= 4 is 18.1 Å². The van der Waals surface area contributed by atoms with Crippen LogP contribution in [0.15, 0.2) is 23.4 Å². The van der Waals surface area contributed by atoms with Crippen LogP contribution >= 0.6 is 12.4 Å². The average Bonchev–Trinajstić information content (AvgIpc) is 3.28. The van der Waals surface area contributed by atoms with Gasteiger partial charge in [0.1, 0.15) is 5.60 Å². The molecule has 2 aliphatic carbocycles. The second kappa shape index (κ2) is 8.05. The van der Waals surface area contributed by atoms with Gasteiger partial charge in [-0.05, 0) is 69.6 Å². The monoisotopic (exact) mass is 380 g/mol. The Morgan fingerprint density at radius 3 is 2.54 bits per heavy atom. The molecule has 3 aliphatic rings. The van der Waals surface area contributed by atoms with Crippen LogP contribution in [-0.4, -0.2) is 30.6 Å². The van der Waals surface area contributed by atoms with Crippen molar-refractivity contribution in [2.24, 2.45) is 10.9 Å². The van der Waals surface area contributed by atoms with E-state index < -0.39 is 0 Å². The number of rotatable bonds is 4. The van der Waals surface area contributed by atoms with Crippen molar-refractivity contribution in [1.82, 2.24) is 0 Å². The maximum Gasteiger partial charge on any atom is 0.162 e. The summed E-state index contributed by atoms with van der Waals surface area (Å²) in [5.74, 6) is 1.61. The van der Waals surface area contributed by atoms with Gasteiger partial charge in [-0.2, -0.15) is 0 Å². The third-order valence-corrected chi connectivity index (χ3v) is 5.87. The number of methoxy groups -OCH3 is 1. The minimum absolute atomic E-state index is 0. The van der Waals surface area contributed by atoms with E-state index in [1.54, 1.807) is 7.11 Å². The highest BCUT2D eigenvalue weighted by Gasteiger charge is 2.42. The third-order valence-electron chi connectivity index (χ3n) is 5.87. The highest BCUT2D eigenvalue weighted by Crippen LogP contribution is 2.40. The standard InChI is InChI=1S/C20H28N2O3.ClH/c1-23-18-7-6-14(12-19(18)24-16-4-2-3-5-16)17-13-20(25-22-17)10-8-15(21)9-11-20;/h6-7,12,15-16H,2-5,8-11,13,21H2,1H3;1H. The van der Waals surface area contributed by atoms with Gasteiger partial charge in [-0.15, -0.1) is 12.4 Å². The van der Waals surface area contributed by atoms with E-state index in [0.717, 1.165) is 67.7 Å². The first-order valence-electron chi connectivity index (χ1n) is 9.53. The topological polar surface area (TPSA) is 66.1 Å². The van der Waals surface area contributed by atoms with Gasteiger partial charge in [-0.1, -0.05) is 5.16 Å². The molecule has 2 saturated carbocycles. The molecule has 0 atom stereocenters. The number of ether oxygens (including phenoxy) is 2. The summed E-state index contributed by atoms with van der Waals surface area (Å²) in [6, 6.07) is 6.40. The largest absolute Gasteiger partial charge is 0.493 e. The van der Waals surface area contributed by atoms with E-state index in [4.69, 9.17) is 20.0 Å². The molecule has 1 spiro atoms. The second-order valence-electron chi connectivity index (χ2n) is 7.72. The van der Waals surface area contributed by atoms with Crippen LogP contribution in [0, 0.1) is 0 Å². The van der Waals surface area contributed by atoms with Crippen LogP contribution in [0.25, 0.3) is 0 Å². The molecule has 0 unspecified atom stereocenters. The van der Waals surface area contributed by atoms with Gasteiger partial charge in [-0.25, -0.2) is 0 Å². The van der Waals surface area contributed by atoms with Gasteiger partial charge in [0.2, 0.25) is 0 Å². The summed E-state index contributed by atoms with van der Waals surface area (Å²) in [6.45, 7) is 0. The summed E-state index contributed by atoms with van der Waals surface area (Å²) >= 11 is 0. The van der Waals surface area contributed by atoms with Crippen LogP contribution in [-0.2, 0) is 4.84 Å². The Morgan fingerprint density at radius 1 is 1.12 bits per heavy atom. The Kier molecular flexibility index (Phi) is 5.98. The molecule has 1 aliphatic heterocycles. The zero-order chi connectivity index (χ0) is 17.3. The van der Waals surface area contributed by atoms with Gasteiger partial charge in [0.15, 0.2) is 11.5 Å². The molecule has 0 radical (unpaired) electrons. The Hall–Kier alpha value is -1.46. The maximum atomic E-state index is 6.21. The zero-order valence-electron chi connectivity index (χ0n) is 15.4. The van der Waals surface area contributed by atoms with Gasteiger partial charge < -0.3 is 20.0 Å². The average molecular weight is 381 g/mol. The number of halogens is 1. The highest BCUT2D eigenvalue weighted by molar-refractivity contribution is 6.02. The quantitative estimate of drug-likeness (QED) is 0.849. The zero-order valence-corrected chi connectivity index (χ0v) is 16.2. The minimum atomic E-state index is -0.141. The van der Waals surface area contributed by atoms with Crippen molar-refractivity contribution in [2.45, 2.75) is 75.5 Å². The summed E-state index contributed by atoms with van der Waals surface area (Å²) in [5.41, 5.74) is 7.97. The smallest absolute Gasteiger partial charge is 0.162 e. The van der Waals surface area contributed by atoms with Crippen LogP contribution in [0.1, 0.15) is 63.4 Å². The van der Waals surface area contributed by atoms with Crippen LogP contribution < -0.4 is 15.2 Å². The minimum Gasteiger partial charge on any atom is -0.493 e. The number of nitrogens with zero attached hydrogens (tertiary/aromatic N) is 1. The van der Waals surface area contributed by atoms with E-state index in [2.05, 4.69) is 17.3 Å². The molecule has 5 nitrogen and oxygen atoms in total. The second-order valence-corrected chi connectivity index (χ2v) is 7.72. The SMILES string of the molecule is COc1ccc(C2=NOC3(CCC(N)CC3)C2)cc1OC1CCCC1.Cl. The molecule has 1 heterocycles. The molecule has 6 heteroatoms. The van der Waals surface area contributed by atoms with Gasteiger partial charge in [0.25, 0.3) is 0 Å². The van der Waals surface area contributed by atoms with E-state index in [0.29, 0.717) is 12.1 Å².